The van der Waals surface area contributed by atoms with Crippen molar-refractivity contribution in [3.8, 4) is 6.01 Å². The first-order valence-corrected chi connectivity index (χ1v) is 27.8. The van der Waals surface area contributed by atoms with Crippen molar-refractivity contribution in [3.05, 3.63) is 123 Å². The molecule has 0 saturated carbocycles. The second-order valence-electron chi connectivity index (χ2n) is 15.6. The number of aromatic nitrogens is 2. The highest BCUT2D eigenvalue weighted by atomic mass is 79.9. The Morgan fingerprint density at radius 3 is 1.85 bits per heavy atom. The predicted molar refractivity (Wildman–Crippen MR) is 309 cm³/mol. The standard InChI is InChI=1S/C13H14BrNO3.C12H11BrN2O2.C11H14BrNO2.C8H10BrN.C4H11NO.C3H5ClO2.2CO2/c14-10-3-4-11-9(7-10)8-12(17)15(13(11)18)5-1-2-6-16;13-8-3-4-9-10(7-8)14-12-15(11(9)16)5-1-2-6-17-12;1-3-8-5-6-9(12)7-10(8)13-11(14)15-4-2;1-2-6-3-4-7(9)5-8(6)10;5-3-1-2-4-6;1-2-6-3(4)5;2*2-1-3/h3-4,7,16H,1-2,5-6,8H2;3-4,7H,1-2,5-6H2;5-7H,3-4H2,1-2H3,(H,13,14);3-5H,2,10H2,1H3;6H,1-5H2;2H2,1H3;;. The van der Waals surface area contributed by atoms with Gasteiger partial charge >= 0.3 is 23.8 Å². The third-order valence-corrected chi connectivity index (χ3v) is 12.3. The van der Waals surface area contributed by atoms with E-state index in [-0.39, 0.29) is 49.3 Å². The van der Waals surface area contributed by atoms with Crippen LogP contribution in [0, 0.1) is 0 Å². The molecule has 2 aliphatic heterocycles. The number of nitrogen functional groups attached to an aromatic ring is 1. The minimum atomic E-state index is -0.738. The first kappa shape index (κ1) is 72.3. The van der Waals surface area contributed by atoms with Gasteiger partial charge < -0.3 is 35.9 Å². The number of nitrogens with one attached hydrogen (secondary N) is 1. The van der Waals surface area contributed by atoms with Crippen molar-refractivity contribution < 1.29 is 62.8 Å². The fourth-order valence-electron chi connectivity index (χ4n) is 6.57. The molecule has 1 aromatic heterocycles. The van der Waals surface area contributed by atoms with E-state index in [4.69, 9.17) is 61.9 Å². The maximum Gasteiger partial charge on any atom is 0.411 e. The lowest BCUT2D eigenvalue weighted by Gasteiger charge is -2.26. The summed E-state index contributed by atoms with van der Waals surface area (Å²) in [6.07, 6.45) is 7.16. The van der Waals surface area contributed by atoms with Crippen molar-refractivity contribution in [2.24, 2.45) is 5.73 Å². The highest BCUT2D eigenvalue weighted by Crippen LogP contribution is 2.25. The number of halogens is 5. The average Bonchev–Trinajstić information content (AvgIpc) is 3.65. The molecule has 3 amide bonds. The summed E-state index contributed by atoms with van der Waals surface area (Å²) in [7, 11) is 0. The minimum absolute atomic E-state index is 0.0144. The fourth-order valence-corrected chi connectivity index (χ4v) is 8.17. The molecule has 0 spiro atoms. The highest BCUT2D eigenvalue weighted by molar-refractivity contribution is 9.11. The molecule has 25 heteroatoms. The second kappa shape index (κ2) is 43.3. The topological polar surface area (TPSA) is 307 Å². The lowest BCUT2D eigenvalue weighted by Crippen LogP contribution is -2.42. The summed E-state index contributed by atoms with van der Waals surface area (Å²) in [5.74, 6) is -0.393. The van der Waals surface area contributed by atoms with Crippen LogP contribution >= 0.6 is 75.3 Å². The zero-order valence-electron chi connectivity index (χ0n) is 43.6. The number of amides is 3. The van der Waals surface area contributed by atoms with Gasteiger partial charge in [-0.25, -0.2) is 9.59 Å². The summed E-state index contributed by atoms with van der Waals surface area (Å²) in [4.78, 5) is 95.3. The SMILES string of the molecule is CCOC(=O)Cl.CCOC(=O)Nc1cc(Br)ccc1CC.CCc1ccc(Br)cc1N.NCCCCO.O=C1Cc2cc(Br)ccc2C(=O)N1CCCCO.O=C=O.O=C=O.O=c1c2ccc(Br)cc2nc2n1CCCCO2. The molecule has 7 N–H and O–H groups in total. The number of hydrogen-bond acceptors (Lipinski definition) is 17. The Labute approximate surface area is 491 Å². The van der Waals surface area contributed by atoms with Crippen molar-refractivity contribution in [2.45, 2.75) is 92.0 Å². The summed E-state index contributed by atoms with van der Waals surface area (Å²) < 4.78 is 19.9. The molecule has 20 nitrogen and oxygen atoms in total. The quantitative estimate of drug-likeness (QED) is 0.0336. The molecule has 4 aromatic carbocycles. The van der Waals surface area contributed by atoms with E-state index < -0.39 is 11.5 Å². The number of nitrogens with zero attached hydrogens (tertiary/aromatic N) is 3. The number of anilines is 2. The van der Waals surface area contributed by atoms with Crippen LogP contribution < -0.4 is 27.1 Å². The van der Waals surface area contributed by atoms with Gasteiger partial charge in [-0.15, -0.1) is 0 Å². The lowest BCUT2D eigenvalue weighted by molar-refractivity contribution is -0.193. The number of hydrogen-bond donors (Lipinski definition) is 5. The van der Waals surface area contributed by atoms with Gasteiger partial charge in [0.15, 0.2) is 0 Å². The number of aliphatic hydroxyl groups excluding tert-OH is 2. The number of aryl methyl sites for hydroxylation is 2. The third kappa shape index (κ3) is 28.8. The van der Waals surface area contributed by atoms with Crippen molar-refractivity contribution >= 4 is 133 Å². The van der Waals surface area contributed by atoms with Gasteiger partial charge in [-0.05, 0) is 149 Å². The zero-order valence-corrected chi connectivity index (χ0v) is 50.7. The molecular formula is C53H65Br4ClN6O14. The van der Waals surface area contributed by atoms with E-state index in [1.54, 1.807) is 36.6 Å². The molecule has 5 aromatic rings. The Morgan fingerprint density at radius 1 is 0.756 bits per heavy atom. The van der Waals surface area contributed by atoms with Crippen LogP contribution in [-0.4, -0.2) is 106 Å². The van der Waals surface area contributed by atoms with Crippen LogP contribution in [0.15, 0.2) is 95.5 Å². The van der Waals surface area contributed by atoms with E-state index in [1.165, 1.54) is 10.5 Å². The number of carbonyl (C=O) groups is 4. The van der Waals surface area contributed by atoms with Crippen LogP contribution in [0.2, 0.25) is 0 Å². The Hall–Kier alpha value is -5.65. The number of imide groups is 1. The van der Waals surface area contributed by atoms with Gasteiger partial charge in [0.25, 0.3) is 17.5 Å². The fraction of sp³-hybridized carbons (Fsp3) is 0.396. The molecule has 7 rings (SSSR count). The Morgan fingerprint density at radius 2 is 1.31 bits per heavy atom. The summed E-state index contributed by atoms with van der Waals surface area (Å²) in [6, 6.07) is 23.1. The van der Waals surface area contributed by atoms with Crippen molar-refractivity contribution in [1.82, 2.24) is 14.5 Å². The summed E-state index contributed by atoms with van der Waals surface area (Å²) in [5.41, 5.74) is 16.1. The maximum atomic E-state index is 12.3. The normalized spacial score (nSPS) is 11.4. The molecule has 2 aliphatic rings. The van der Waals surface area contributed by atoms with Gasteiger partial charge in [0, 0.05) is 72.7 Å². The number of nitrogens with two attached hydrogens (primary N) is 2. The Kier molecular flexibility index (Phi) is 40.1. The molecule has 0 atom stereocenters. The molecule has 0 fully saturated rings. The zero-order chi connectivity index (χ0) is 59.0. The van der Waals surface area contributed by atoms with Gasteiger partial charge in [0.1, 0.15) is 0 Å². The van der Waals surface area contributed by atoms with E-state index in [0.29, 0.717) is 74.8 Å². The van der Waals surface area contributed by atoms with Crippen LogP contribution in [0.5, 0.6) is 6.01 Å². The molecule has 0 saturated heterocycles. The molecule has 0 bridgehead atoms. The van der Waals surface area contributed by atoms with Crippen LogP contribution in [0.3, 0.4) is 0 Å². The maximum absolute atomic E-state index is 12.3. The largest absolute Gasteiger partial charge is 0.465 e. The van der Waals surface area contributed by atoms with Gasteiger partial charge in [-0.3, -0.25) is 29.2 Å². The van der Waals surface area contributed by atoms with Crippen LogP contribution in [0.25, 0.3) is 10.9 Å². The first-order chi connectivity index (χ1) is 37.3. The van der Waals surface area contributed by atoms with Gasteiger partial charge in [-0.1, -0.05) is 89.7 Å². The molecule has 426 valence electrons. The van der Waals surface area contributed by atoms with E-state index in [9.17, 15) is 24.0 Å². The molecule has 0 radical (unpaired) electrons. The number of carbonyl (C=O) groups excluding carboxylic acids is 8. The number of aliphatic hydroxyl groups is 2. The molecule has 0 unspecified atom stereocenters. The number of ether oxygens (including phenoxy) is 3. The van der Waals surface area contributed by atoms with Crippen molar-refractivity contribution in [3.63, 3.8) is 0 Å². The number of benzene rings is 4. The van der Waals surface area contributed by atoms with Crippen molar-refractivity contribution in [1.29, 1.82) is 0 Å². The molecule has 0 aliphatic carbocycles. The number of fused-ring (bicyclic) bond motifs is 3. The number of rotatable bonds is 12. The van der Waals surface area contributed by atoms with E-state index >= 15 is 0 Å². The molecule has 78 heavy (non-hydrogen) atoms. The first-order valence-electron chi connectivity index (χ1n) is 24.3. The predicted octanol–water partition coefficient (Wildman–Crippen LogP) is 10.2. The minimum Gasteiger partial charge on any atom is -0.465 e. The summed E-state index contributed by atoms with van der Waals surface area (Å²) in [6.45, 7) is 11.1. The van der Waals surface area contributed by atoms with E-state index in [1.807, 2.05) is 61.5 Å². The average molecular weight is 1370 g/mol. The monoisotopic (exact) mass is 1360 g/mol. The van der Waals surface area contributed by atoms with Gasteiger partial charge in [0.2, 0.25) is 5.91 Å². The summed E-state index contributed by atoms with van der Waals surface area (Å²) in [5, 5.41) is 20.2. The van der Waals surface area contributed by atoms with Crippen LogP contribution in [-0.2, 0) is 59.3 Å². The Bertz CT molecular complexity index is 2760. The lowest BCUT2D eigenvalue weighted by atomic mass is 9.98. The van der Waals surface area contributed by atoms with E-state index in [0.717, 1.165) is 78.9 Å². The second-order valence-corrected chi connectivity index (χ2v) is 19.6. The van der Waals surface area contributed by atoms with Crippen molar-refractivity contribution in [2.75, 3.05) is 57.2 Å². The Balaban J connectivity index is 0.000000928. The van der Waals surface area contributed by atoms with E-state index in [2.05, 4.69) is 85.7 Å². The third-order valence-electron chi connectivity index (χ3n) is 10.2. The number of unbranched alkanes of at least 4 members (excludes halogenated alkanes) is 2. The van der Waals surface area contributed by atoms with Crippen LogP contribution in [0.4, 0.5) is 21.0 Å². The molecular weight excluding hydrogens is 1300 g/mol. The highest BCUT2D eigenvalue weighted by Gasteiger charge is 2.30. The smallest absolute Gasteiger partial charge is 0.411 e. The molecule has 3 heterocycles. The van der Waals surface area contributed by atoms with Gasteiger partial charge in [0.05, 0.1) is 37.1 Å². The summed E-state index contributed by atoms with van der Waals surface area (Å²) >= 11 is 18.1. The van der Waals surface area contributed by atoms with Crippen LogP contribution in [0.1, 0.15) is 93.3 Å². The van der Waals surface area contributed by atoms with Gasteiger partial charge in [-0.2, -0.15) is 24.2 Å².